The summed E-state index contributed by atoms with van der Waals surface area (Å²) in [5.74, 6) is -0.0355. The van der Waals surface area contributed by atoms with Crippen LogP contribution in [0.5, 0.6) is 0 Å². The Kier molecular flexibility index (Phi) is 3.17. The predicted octanol–water partition coefficient (Wildman–Crippen LogP) is 3.62. The lowest BCUT2D eigenvalue weighted by Crippen LogP contribution is -2.20. The molecule has 0 spiro atoms. The summed E-state index contributed by atoms with van der Waals surface area (Å²) in [6, 6.07) is 1.47. The number of nitrogens with zero attached hydrogens (tertiary/aromatic N) is 1. The van der Waals surface area contributed by atoms with E-state index in [0.29, 0.717) is 15.7 Å². The van der Waals surface area contributed by atoms with Gasteiger partial charge in [0.2, 0.25) is 0 Å². The highest BCUT2D eigenvalue weighted by atomic mass is 35.5. The van der Waals surface area contributed by atoms with Crippen LogP contribution in [0.2, 0.25) is 10.2 Å². The smallest absolute Gasteiger partial charge is 0.171 e. The van der Waals surface area contributed by atoms with Gasteiger partial charge in [-0.15, -0.1) is 0 Å². The minimum Gasteiger partial charge on any atom is -0.293 e. The monoisotopic (exact) mass is 231 g/mol. The summed E-state index contributed by atoms with van der Waals surface area (Å²) in [6.07, 6.45) is 1.41. The molecule has 0 aliphatic heterocycles. The molecule has 0 fully saturated rings. The summed E-state index contributed by atoms with van der Waals surface area (Å²) in [7, 11) is 0. The third kappa shape index (κ3) is 2.46. The number of hydrogen-bond donors (Lipinski definition) is 0. The molecule has 14 heavy (non-hydrogen) atoms. The lowest BCUT2D eigenvalue weighted by molar-refractivity contribution is 0.0858. The fourth-order valence-electron chi connectivity index (χ4n) is 0.979. The molecule has 2 nitrogen and oxygen atoms in total. The van der Waals surface area contributed by atoms with E-state index in [2.05, 4.69) is 4.98 Å². The van der Waals surface area contributed by atoms with Gasteiger partial charge in [-0.3, -0.25) is 4.79 Å². The zero-order chi connectivity index (χ0) is 10.9. The molecular weight excluding hydrogens is 221 g/mol. The van der Waals surface area contributed by atoms with Crippen molar-refractivity contribution in [2.45, 2.75) is 20.8 Å². The standard InChI is InChI=1S/C10H11Cl2NO/c1-10(2,3)9(14)6-5-13-8(12)4-7(6)11/h4-5H,1-3H3. The Morgan fingerprint density at radius 3 is 2.36 bits per heavy atom. The minimum absolute atomic E-state index is 0.0355. The summed E-state index contributed by atoms with van der Waals surface area (Å²) in [4.78, 5) is 15.7. The van der Waals surface area contributed by atoms with Gasteiger partial charge >= 0.3 is 0 Å². The molecule has 1 aromatic heterocycles. The van der Waals surface area contributed by atoms with Gasteiger partial charge in [-0.05, 0) is 6.07 Å². The summed E-state index contributed by atoms with van der Waals surface area (Å²) in [5.41, 5.74) is -0.0392. The number of hydrogen-bond acceptors (Lipinski definition) is 2. The molecule has 1 rings (SSSR count). The average molecular weight is 232 g/mol. The van der Waals surface area contributed by atoms with Crippen molar-refractivity contribution in [3.63, 3.8) is 0 Å². The van der Waals surface area contributed by atoms with Crippen LogP contribution in [0.4, 0.5) is 0 Å². The number of carbonyl (C=O) groups is 1. The molecule has 1 aromatic rings. The van der Waals surface area contributed by atoms with Crippen LogP contribution in [0.3, 0.4) is 0 Å². The molecule has 0 saturated carbocycles. The van der Waals surface area contributed by atoms with Crippen molar-refractivity contribution in [2.24, 2.45) is 5.41 Å². The van der Waals surface area contributed by atoms with Crippen molar-refractivity contribution >= 4 is 29.0 Å². The Bertz CT molecular complexity index is 369. The number of aromatic nitrogens is 1. The molecule has 0 bridgehead atoms. The van der Waals surface area contributed by atoms with E-state index >= 15 is 0 Å². The second-order valence-corrected chi connectivity index (χ2v) is 4.86. The van der Waals surface area contributed by atoms with Gasteiger partial charge in [0, 0.05) is 11.6 Å². The molecule has 0 saturated heterocycles. The van der Waals surface area contributed by atoms with E-state index in [9.17, 15) is 4.79 Å². The van der Waals surface area contributed by atoms with Gasteiger partial charge in [-0.2, -0.15) is 0 Å². The molecule has 0 atom stereocenters. The van der Waals surface area contributed by atoms with E-state index in [1.165, 1.54) is 12.3 Å². The van der Waals surface area contributed by atoms with Crippen LogP contribution in [0.25, 0.3) is 0 Å². The lowest BCUT2D eigenvalue weighted by atomic mass is 9.87. The Morgan fingerprint density at radius 2 is 1.93 bits per heavy atom. The fraction of sp³-hybridized carbons (Fsp3) is 0.400. The van der Waals surface area contributed by atoms with Gasteiger partial charge in [-0.25, -0.2) is 4.98 Å². The topological polar surface area (TPSA) is 30.0 Å². The largest absolute Gasteiger partial charge is 0.293 e. The van der Waals surface area contributed by atoms with E-state index in [-0.39, 0.29) is 5.78 Å². The minimum atomic E-state index is -0.459. The van der Waals surface area contributed by atoms with E-state index in [1.807, 2.05) is 20.8 Å². The van der Waals surface area contributed by atoms with Crippen LogP contribution in [0, 0.1) is 5.41 Å². The zero-order valence-corrected chi connectivity index (χ0v) is 9.78. The van der Waals surface area contributed by atoms with Crippen LogP contribution >= 0.6 is 23.2 Å². The fourth-order valence-corrected chi connectivity index (χ4v) is 1.43. The molecular formula is C10H11Cl2NO. The molecule has 0 aliphatic carbocycles. The molecule has 4 heteroatoms. The van der Waals surface area contributed by atoms with Gasteiger partial charge in [0.05, 0.1) is 10.6 Å². The van der Waals surface area contributed by atoms with E-state index in [4.69, 9.17) is 23.2 Å². The average Bonchev–Trinajstić information content (AvgIpc) is 2.01. The summed E-state index contributed by atoms with van der Waals surface area (Å²) >= 11 is 11.5. The predicted molar refractivity (Wildman–Crippen MR) is 58.0 cm³/mol. The Hall–Kier alpha value is -0.600. The first-order chi connectivity index (χ1) is 6.32. The van der Waals surface area contributed by atoms with Gasteiger partial charge in [-0.1, -0.05) is 44.0 Å². The van der Waals surface area contributed by atoms with Gasteiger partial charge in [0.1, 0.15) is 5.15 Å². The first-order valence-electron chi connectivity index (χ1n) is 4.18. The van der Waals surface area contributed by atoms with Crippen LogP contribution in [-0.2, 0) is 0 Å². The van der Waals surface area contributed by atoms with Crippen molar-refractivity contribution in [3.05, 3.63) is 28.0 Å². The molecule has 0 aromatic carbocycles. The maximum Gasteiger partial charge on any atom is 0.171 e. The third-order valence-electron chi connectivity index (χ3n) is 1.75. The van der Waals surface area contributed by atoms with Crippen molar-refractivity contribution in [2.75, 3.05) is 0 Å². The zero-order valence-electron chi connectivity index (χ0n) is 8.27. The number of halogens is 2. The van der Waals surface area contributed by atoms with E-state index in [0.717, 1.165) is 0 Å². The summed E-state index contributed by atoms with van der Waals surface area (Å²) in [6.45, 7) is 5.50. The van der Waals surface area contributed by atoms with Crippen molar-refractivity contribution < 1.29 is 4.79 Å². The molecule has 0 radical (unpaired) electrons. The second-order valence-electron chi connectivity index (χ2n) is 4.07. The first kappa shape index (κ1) is 11.5. The number of ketones is 1. The maximum atomic E-state index is 11.8. The normalized spacial score (nSPS) is 11.5. The number of pyridine rings is 1. The highest BCUT2D eigenvalue weighted by Crippen LogP contribution is 2.26. The second kappa shape index (κ2) is 3.87. The van der Waals surface area contributed by atoms with Crippen molar-refractivity contribution in [3.8, 4) is 0 Å². The molecule has 0 unspecified atom stereocenters. The Morgan fingerprint density at radius 1 is 1.36 bits per heavy atom. The summed E-state index contributed by atoms with van der Waals surface area (Å²) < 4.78 is 0. The molecule has 0 aliphatic rings. The molecule has 76 valence electrons. The van der Waals surface area contributed by atoms with Crippen molar-refractivity contribution in [1.29, 1.82) is 0 Å². The summed E-state index contributed by atoms with van der Waals surface area (Å²) in [5, 5.41) is 0.644. The van der Waals surface area contributed by atoms with Crippen LogP contribution in [-0.4, -0.2) is 10.8 Å². The van der Waals surface area contributed by atoms with Gasteiger partial charge < -0.3 is 0 Å². The molecule has 1 heterocycles. The number of Topliss-reactive ketones (excluding diaryl/α,β-unsaturated/α-hetero) is 1. The van der Waals surface area contributed by atoms with Crippen LogP contribution in [0.15, 0.2) is 12.3 Å². The quantitative estimate of drug-likeness (QED) is 0.546. The third-order valence-corrected chi connectivity index (χ3v) is 2.27. The highest BCUT2D eigenvalue weighted by molar-refractivity contribution is 6.36. The van der Waals surface area contributed by atoms with Gasteiger partial charge in [0.25, 0.3) is 0 Å². The number of rotatable bonds is 1. The maximum absolute atomic E-state index is 11.8. The molecule has 0 amide bonds. The van der Waals surface area contributed by atoms with E-state index in [1.54, 1.807) is 0 Å². The van der Waals surface area contributed by atoms with Gasteiger partial charge in [0.15, 0.2) is 5.78 Å². The lowest BCUT2D eigenvalue weighted by Gasteiger charge is -2.16. The van der Waals surface area contributed by atoms with Crippen LogP contribution < -0.4 is 0 Å². The van der Waals surface area contributed by atoms with Crippen molar-refractivity contribution in [1.82, 2.24) is 4.98 Å². The number of carbonyl (C=O) groups excluding carboxylic acids is 1. The van der Waals surface area contributed by atoms with Crippen LogP contribution in [0.1, 0.15) is 31.1 Å². The first-order valence-corrected chi connectivity index (χ1v) is 4.94. The highest BCUT2D eigenvalue weighted by Gasteiger charge is 2.25. The Labute approximate surface area is 93.2 Å². The SMILES string of the molecule is CC(C)(C)C(=O)c1cnc(Cl)cc1Cl. The Balaban J connectivity index is 3.15. The van der Waals surface area contributed by atoms with E-state index < -0.39 is 5.41 Å². The molecule has 0 N–H and O–H groups in total.